The Hall–Kier alpha value is -0.710. The predicted octanol–water partition coefficient (Wildman–Crippen LogP) is 0.576. The maximum absolute atomic E-state index is 12.0. The molecule has 2 saturated carbocycles. The lowest BCUT2D eigenvalue weighted by atomic mass is 10.2. The van der Waals surface area contributed by atoms with E-state index in [1.165, 1.54) is 0 Å². The molecule has 3 rings (SSSR count). The standard InChI is InChI=1S/C11H16N2O2S/c14-10(12-8-3-4-8)9-5-16-6-13(9)11(15)7-1-2-7/h7-9H,1-6H2,(H,12,14). The van der Waals surface area contributed by atoms with Gasteiger partial charge in [-0.05, 0) is 25.7 Å². The second-order valence-corrected chi connectivity index (χ2v) is 5.88. The molecule has 0 radical (unpaired) electrons. The number of nitrogens with one attached hydrogen (secondary N) is 1. The molecule has 0 aromatic rings. The van der Waals surface area contributed by atoms with Gasteiger partial charge in [-0.3, -0.25) is 9.59 Å². The van der Waals surface area contributed by atoms with Gasteiger partial charge in [-0.15, -0.1) is 11.8 Å². The minimum atomic E-state index is -0.210. The van der Waals surface area contributed by atoms with E-state index in [1.54, 1.807) is 16.7 Å². The molecule has 1 heterocycles. The number of nitrogens with zero attached hydrogens (tertiary/aromatic N) is 1. The van der Waals surface area contributed by atoms with Crippen molar-refractivity contribution in [2.45, 2.75) is 37.8 Å². The molecule has 1 unspecified atom stereocenters. The maximum atomic E-state index is 12.0. The zero-order valence-corrected chi connectivity index (χ0v) is 9.96. The molecule has 0 aromatic heterocycles. The van der Waals surface area contributed by atoms with E-state index in [0.29, 0.717) is 11.9 Å². The Morgan fingerprint density at radius 3 is 2.56 bits per heavy atom. The third kappa shape index (κ3) is 2.05. The zero-order valence-electron chi connectivity index (χ0n) is 9.15. The Labute approximate surface area is 99.1 Å². The fourth-order valence-corrected chi connectivity index (χ4v) is 3.13. The first-order chi connectivity index (χ1) is 7.75. The average Bonchev–Trinajstić information content (AvgIpc) is 3.17. The first-order valence-corrected chi connectivity index (χ1v) is 7.10. The largest absolute Gasteiger partial charge is 0.352 e. The van der Waals surface area contributed by atoms with Crippen LogP contribution < -0.4 is 5.32 Å². The molecule has 2 aliphatic carbocycles. The summed E-state index contributed by atoms with van der Waals surface area (Å²) in [5.74, 6) is 1.92. The summed E-state index contributed by atoms with van der Waals surface area (Å²) in [6.45, 7) is 0. The Balaban J connectivity index is 1.62. The molecule has 1 aliphatic heterocycles. The number of thioether (sulfide) groups is 1. The minimum absolute atomic E-state index is 0.0569. The second-order valence-electron chi connectivity index (χ2n) is 4.88. The Kier molecular flexibility index (Phi) is 2.58. The molecule has 1 atom stereocenters. The van der Waals surface area contributed by atoms with E-state index < -0.39 is 0 Å². The fraction of sp³-hybridized carbons (Fsp3) is 0.818. The lowest BCUT2D eigenvalue weighted by molar-refractivity contribution is -0.139. The maximum Gasteiger partial charge on any atom is 0.243 e. The monoisotopic (exact) mass is 240 g/mol. The lowest BCUT2D eigenvalue weighted by Gasteiger charge is -2.22. The summed E-state index contributed by atoms with van der Waals surface area (Å²) in [6.07, 6.45) is 4.22. The number of rotatable bonds is 3. The Morgan fingerprint density at radius 2 is 1.94 bits per heavy atom. The van der Waals surface area contributed by atoms with Gasteiger partial charge >= 0.3 is 0 Å². The van der Waals surface area contributed by atoms with Crippen molar-refractivity contribution in [3.8, 4) is 0 Å². The van der Waals surface area contributed by atoms with Gasteiger partial charge in [-0.2, -0.15) is 0 Å². The zero-order chi connectivity index (χ0) is 11.1. The first-order valence-electron chi connectivity index (χ1n) is 5.94. The van der Waals surface area contributed by atoms with Crippen molar-refractivity contribution in [2.24, 2.45) is 5.92 Å². The van der Waals surface area contributed by atoms with E-state index >= 15 is 0 Å². The Morgan fingerprint density at radius 1 is 1.19 bits per heavy atom. The molecule has 2 amide bonds. The number of amides is 2. The summed E-state index contributed by atoms with van der Waals surface area (Å²) in [4.78, 5) is 25.7. The molecule has 5 heteroatoms. The summed E-state index contributed by atoms with van der Waals surface area (Å²) in [5.41, 5.74) is 0. The van der Waals surface area contributed by atoms with Gasteiger partial charge in [-0.25, -0.2) is 0 Å². The van der Waals surface area contributed by atoms with E-state index in [0.717, 1.165) is 31.4 Å². The van der Waals surface area contributed by atoms with Crippen molar-refractivity contribution >= 4 is 23.6 Å². The third-order valence-electron chi connectivity index (χ3n) is 3.32. The van der Waals surface area contributed by atoms with Crippen molar-refractivity contribution in [3.05, 3.63) is 0 Å². The first kappa shape index (κ1) is 10.4. The third-order valence-corrected chi connectivity index (χ3v) is 4.33. The molecular weight excluding hydrogens is 224 g/mol. The van der Waals surface area contributed by atoms with Crippen LogP contribution in [0, 0.1) is 5.92 Å². The minimum Gasteiger partial charge on any atom is -0.352 e. The van der Waals surface area contributed by atoms with Crippen LogP contribution in [0.1, 0.15) is 25.7 Å². The van der Waals surface area contributed by atoms with Gasteiger partial charge < -0.3 is 10.2 Å². The van der Waals surface area contributed by atoms with E-state index in [1.807, 2.05) is 0 Å². The van der Waals surface area contributed by atoms with Crippen LogP contribution in [-0.4, -0.2) is 40.4 Å². The molecular formula is C11H16N2O2S. The summed E-state index contributed by atoms with van der Waals surface area (Å²) < 4.78 is 0. The summed E-state index contributed by atoms with van der Waals surface area (Å²) >= 11 is 1.68. The number of carbonyl (C=O) groups is 2. The molecule has 88 valence electrons. The van der Waals surface area contributed by atoms with Crippen molar-refractivity contribution in [1.82, 2.24) is 10.2 Å². The molecule has 16 heavy (non-hydrogen) atoms. The number of hydrogen-bond acceptors (Lipinski definition) is 3. The molecule has 0 bridgehead atoms. The van der Waals surface area contributed by atoms with Gasteiger partial charge in [0, 0.05) is 17.7 Å². The summed E-state index contributed by atoms with van der Waals surface area (Å²) in [6, 6.07) is 0.176. The van der Waals surface area contributed by atoms with Crippen molar-refractivity contribution < 1.29 is 9.59 Å². The summed E-state index contributed by atoms with van der Waals surface area (Å²) in [7, 11) is 0. The highest BCUT2D eigenvalue weighted by atomic mass is 32.2. The van der Waals surface area contributed by atoms with Crippen molar-refractivity contribution in [3.63, 3.8) is 0 Å². The van der Waals surface area contributed by atoms with E-state index in [2.05, 4.69) is 5.32 Å². The molecule has 0 spiro atoms. The van der Waals surface area contributed by atoms with Crippen LogP contribution in [0.4, 0.5) is 0 Å². The topological polar surface area (TPSA) is 49.4 Å². The van der Waals surface area contributed by atoms with Crippen LogP contribution in [0.25, 0.3) is 0 Å². The van der Waals surface area contributed by atoms with Crippen LogP contribution in [0.3, 0.4) is 0 Å². The highest BCUT2D eigenvalue weighted by Gasteiger charge is 2.42. The van der Waals surface area contributed by atoms with E-state index in [9.17, 15) is 9.59 Å². The molecule has 0 aromatic carbocycles. The Bertz CT molecular complexity index is 326. The van der Waals surface area contributed by atoms with Gasteiger partial charge in [0.05, 0.1) is 5.88 Å². The van der Waals surface area contributed by atoms with E-state index in [4.69, 9.17) is 0 Å². The fourth-order valence-electron chi connectivity index (χ4n) is 1.97. The molecule has 3 fully saturated rings. The molecule has 3 aliphatic rings. The van der Waals surface area contributed by atoms with Crippen LogP contribution in [0.5, 0.6) is 0 Å². The number of carbonyl (C=O) groups excluding carboxylic acids is 2. The van der Waals surface area contributed by atoms with Crippen LogP contribution in [0.15, 0.2) is 0 Å². The normalized spacial score (nSPS) is 29.2. The predicted molar refractivity (Wildman–Crippen MR) is 61.8 cm³/mol. The van der Waals surface area contributed by atoms with Crippen molar-refractivity contribution in [1.29, 1.82) is 0 Å². The summed E-state index contributed by atoms with van der Waals surface area (Å²) in [5, 5.41) is 2.99. The van der Waals surface area contributed by atoms with Gasteiger partial charge in [0.15, 0.2) is 0 Å². The molecule has 4 nitrogen and oxygen atoms in total. The van der Waals surface area contributed by atoms with E-state index in [-0.39, 0.29) is 23.8 Å². The van der Waals surface area contributed by atoms with Crippen LogP contribution >= 0.6 is 11.8 Å². The van der Waals surface area contributed by atoms with Crippen molar-refractivity contribution in [2.75, 3.05) is 11.6 Å². The highest BCUT2D eigenvalue weighted by Crippen LogP contribution is 2.34. The van der Waals surface area contributed by atoms with Crippen LogP contribution in [0.2, 0.25) is 0 Å². The smallest absolute Gasteiger partial charge is 0.243 e. The van der Waals surface area contributed by atoms with Gasteiger partial charge in [0.2, 0.25) is 11.8 Å². The van der Waals surface area contributed by atoms with Gasteiger partial charge in [0.25, 0.3) is 0 Å². The SMILES string of the molecule is O=C(NC1CC1)C1CSCN1C(=O)C1CC1. The van der Waals surface area contributed by atoms with Crippen LogP contribution in [-0.2, 0) is 9.59 Å². The molecule has 1 N–H and O–H groups in total. The van der Waals surface area contributed by atoms with Gasteiger partial charge in [0.1, 0.15) is 6.04 Å². The lowest BCUT2D eigenvalue weighted by Crippen LogP contribution is -2.48. The quantitative estimate of drug-likeness (QED) is 0.785. The van der Waals surface area contributed by atoms with Gasteiger partial charge in [-0.1, -0.05) is 0 Å². The average molecular weight is 240 g/mol. The number of hydrogen-bond donors (Lipinski definition) is 1. The molecule has 1 saturated heterocycles. The highest BCUT2D eigenvalue weighted by molar-refractivity contribution is 7.99. The second kappa shape index (κ2) is 3.95.